The second-order valence-corrected chi connectivity index (χ2v) is 12.7. The van der Waals surface area contributed by atoms with Crippen molar-refractivity contribution in [3.8, 4) is 0 Å². The van der Waals surface area contributed by atoms with Crippen molar-refractivity contribution in [3.05, 3.63) is 66.2 Å². The number of rotatable bonds is 16. The Morgan fingerprint density at radius 2 is 1.69 bits per heavy atom. The van der Waals surface area contributed by atoms with E-state index in [4.69, 9.17) is 10.5 Å². The van der Waals surface area contributed by atoms with Crippen LogP contribution in [0.4, 0.5) is 0 Å². The van der Waals surface area contributed by atoms with Crippen molar-refractivity contribution in [2.24, 2.45) is 17.1 Å². The van der Waals surface area contributed by atoms with E-state index in [2.05, 4.69) is 5.32 Å². The van der Waals surface area contributed by atoms with E-state index in [1.807, 2.05) is 44.2 Å². The molecule has 0 heterocycles. The van der Waals surface area contributed by atoms with Gasteiger partial charge in [0, 0.05) is 26.3 Å². The lowest BCUT2D eigenvalue weighted by Gasteiger charge is -2.34. The van der Waals surface area contributed by atoms with Crippen LogP contribution in [-0.2, 0) is 26.0 Å². The van der Waals surface area contributed by atoms with E-state index in [1.165, 1.54) is 4.31 Å². The Morgan fingerprint density at radius 3 is 2.28 bits per heavy atom. The van der Waals surface area contributed by atoms with Crippen LogP contribution in [-0.4, -0.2) is 68.7 Å². The maximum absolute atomic E-state index is 13.8. The summed E-state index contributed by atoms with van der Waals surface area (Å²) in [4.78, 5) is 13.9. The van der Waals surface area contributed by atoms with Crippen LogP contribution in [0.15, 0.2) is 65.6 Å². The molecule has 1 aliphatic carbocycles. The molecule has 2 aromatic carbocycles. The standard InChI is InChI=1S/C30H45N3O5S/c1-3-38-19-18-30(16-10-11-17-30)29(35)32-27(20-25-12-6-4-7-13-25)28(34)23-33(22-24(2)21-31)39(36,37)26-14-8-5-9-15-26/h4-9,12-15,24,27-28,34H,3,10-11,16-23,31H2,1-2H3,(H,32,35)/t24?,27-,28+/m0/s1. The number of amides is 1. The molecule has 0 saturated heterocycles. The molecular weight excluding hydrogens is 514 g/mol. The third kappa shape index (κ3) is 8.59. The number of aliphatic hydroxyl groups excluding tert-OH is 1. The molecule has 0 spiro atoms. The van der Waals surface area contributed by atoms with Gasteiger partial charge in [-0.05, 0) is 62.8 Å². The van der Waals surface area contributed by atoms with Crippen LogP contribution in [0.2, 0.25) is 0 Å². The second-order valence-electron chi connectivity index (χ2n) is 10.7. The van der Waals surface area contributed by atoms with Crippen LogP contribution in [0.5, 0.6) is 0 Å². The van der Waals surface area contributed by atoms with Gasteiger partial charge >= 0.3 is 0 Å². The predicted molar refractivity (Wildman–Crippen MR) is 154 cm³/mol. The highest BCUT2D eigenvalue weighted by atomic mass is 32.2. The van der Waals surface area contributed by atoms with Gasteiger partial charge in [-0.25, -0.2) is 8.42 Å². The highest BCUT2D eigenvalue weighted by molar-refractivity contribution is 7.89. The van der Waals surface area contributed by atoms with Gasteiger partial charge in [-0.15, -0.1) is 0 Å². The first-order valence-electron chi connectivity index (χ1n) is 14.1. The zero-order valence-corrected chi connectivity index (χ0v) is 24.1. The molecule has 0 aliphatic heterocycles. The fourth-order valence-corrected chi connectivity index (χ4v) is 6.90. The number of benzene rings is 2. The van der Waals surface area contributed by atoms with E-state index >= 15 is 0 Å². The summed E-state index contributed by atoms with van der Waals surface area (Å²) in [7, 11) is -3.89. The third-order valence-electron chi connectivity index (χ3n) is 7.74. The number of carbonyl (C=O) groups excluding carboxylic acids is 1. The van der Waals surface area contributed by atoms with Gasteiger partial charge in [0.25, 0.3) is 0 Å². The Kier molecular flexibility index (Phi) is 11.9. The summed E-state index contributed by atoms with van der Waals surface area (Å²) < 4.78 is 34.1. The fraction of sp³-hybridized carbons (Fsp3) is 0.567. The highest BCUT2D eigenvalue weighted by Gasteiger charge is 2.42. The van der Waals surface area contributed by atoms with Gasteiger partial charge in [-0.1, -0.05) is 68.3 Å². The van der Waals surface area contributed by atoms with Crippen LogP contribution in [0, 0.1) is 11.3 Å². The Labute approximate surface area is 234 Å². The fourth-order valence-electron chi connectivity index (χ4n) is 5.30. The van der Waals surface area contributed by atoms with Crippen LogP contribution >= 0.6 is 0 Å². The summed E-state index contributed by atoms with van der Waals surface area (Å²) in [5, 5.41) is 14.7. The van der Waals surface area contributed by atoms with E-state index in [0.717, 1.165) is 31.2 Å². The zero-order valence-electron chi connectivity index (χ0n) is 23.3. The van der Waals surface area contributed by atoms with Gasteiger partial charge in [0.05, 0.1) is 22.5 Å². The average molecular weight is 560 g/mol. The molecule has 1 saturated carbocycles. The summed E-state index contributed by atoms with van der Waals surface area (Å²) in [5.74, 6) is -0.203. The number of nitrogens with two attached hydrogens (primary N) is 1. The molecule has 216 valence electrons. The van der Waals surface area contributed by atoms with Crippen LogP contribution in [0.3, 0.4) is 0 Å². The summed E-state index contributed by atoms with van der Waals surface area (Å²) in [6.45, 7) is 5.24. The summed E-state index contributed by atoms with van der Waals surface area (Å²) in [6, 6.07) is 17.2. The highest BCUT2D eigenvalue weighted by Crippen LogP contribution is 2.41. The van der Waals surface area contributed by atoms with Gasteiger partial charge in [-0.3, -0.25) is 4.79 Å². The molecule has 1 unspecified atom stereocenters. The van der Waals surface area contributed by atoms with E-state index in [-0.39, 0.29) is 29.8 Å². The zero-order chi connectivity index (χ0) is 28.3. The van der Waals surface area contributed by atoms with Crippen molar-refractivity contribution in [3.63, 3.8) is 0 Å². The molecule has 9 heteroatoms. The first kappa shape index (κ1) is 31.2. The Balaban J connectivity index is 1.87. The van der Waals surface area contributed by atoms with Crippen molar-refractivity contribution in [1.82, 2.24) is 9.62 Å². The molecule has 1 fully saturated rings. The van der Waals surface area contributed by atoms with Gasteiger partial charge < -0.3 is 20.9 Å². The third-order valence-corrected chi connectivity index (χ3v) is 9.59. The van der Waals surface area contributed by atoms with Gasteiger partial charge in [0.2, 0.25) is 15.9 Å². The quantitative estimate of drug-likeness (QED) is 0.271. The number of hydrogen-bond donors (Lipinski definition) is 3. The smallest absolute Gasteiger partial charge is 0.243 e. The number of carbonyl (C=O) groups is 1. The average Bonchev–Trinajstić information content (AvgIpc) is 3.43. The second kappa shape index (κ2) is 14.9. The number of ether oxygens (including phenoxy) is 1. The van der Waals surface area contributed by atoms with Gasteiger partial charge in [-0.2, -0.15) is 4.31 Å². The largest absolute Gasteiger partial charge is 0.390 e. The van der Waals surface area contributed by atoms with Crippen molar-refractivity contribution < 1.29 is 23.1 Å². The molecule has 39 heavy (non-hydrogen) atoms. The minimum absolute atomic E-state index is 0.0903. The minimum Gasteiger partial charge on any atom is -0.390 e. The molecule has 0 radical (unpaired) electrons. The normalized spacial score (nSPS) is 17.6. The first-order valence-corrected chi connectivity index (χ1v) is 15.5. The Bertz CT molecular complexity index is 1110. The molecular formula is C30H45N3O5S. The minimum atomic E-state index is -3.89. The Morgan fingerprint density at radius 1 is 1.08 bits per heavy atom. The molecule has 2 aromatic rings. The molecule has 8 nitrogen and oxygen atoms in total. The van der Waals surface area contributed by atoms with Gasteiger partial charge in [0.15, 0.2) is 0 Å². The number of nitrogens with one attached hydrogen (secondary N) is 1. The molecule has 4 N–H and O–H groups in total. The summed E-state index contributed by atoms with van der Waals surface area (Å²) >= 11 is 0. The summed E-state index contributed by atoms with van der Waals surface area (Å²) in [5.41, 5.74) is 6.26. The number of hydrogen-bond acceptors (Lipinski definition) is 6. The topological polar surface area (TPSA) is 122 Å². The van der Waals surface area contributed by atoms with E-state index in [9.17, 15) is 18.3 Å². The number of aliphatic hydroxyl groups is 1. The summed E-state index contributed by atoms with van der Waals surface area (Å²) in [6.07, 6.45) is 3.38. The lowest BCUT2D eigenvalue weighted by molar-refractivity contribution is -0.133. The first-order chi connectivity index (χ1) is 18.7. The van der Waals surface area contributed by atoms with Crippen molar-refractivity contribution >= 4 is 15.9 Å². The van der Waals surface area contributed by atoms with E-state index < -0.39 is 27.6 Å². The van der Waals surface area contributed by atoms with E-state index in [0.29, 0.717) is 32.6 Å². The van der Waals surface area contributed by atoms with Crippen LogP contribution < -0.4 is 11.1 Å². The lowest BCUT2D eigenvalue weighted by atomic mass is 9.81. The molecule has 3 atom stereocenters. The van der Waals surface area contributed by atoms with Gasteiger partial charge in [0.1, 0.15) is 0 Å². The molecule has 1 amide bonds. The molecule has 0 aromatic heterocycles. The van der Waals surface area contributed by atoms with E-state index in [1.54, 1.807) is 30.3 Å². The number of nitrogens with zero attached hydrogens (tertiary/aromatic N) is 1. The Hall–Kier alpha value is -2.30. The SMILES string of the molecule is CCOCCC1(C(=O)N[C@@H](Cc2ccccc2)[C@H](O)CN(CC(C)CN)S(=O)(=O)c2ccccc2)CCCC1. The molecule has 3 rings (SSSR count). The predicted octanol–water partition coefficient (Wildman–Crippen LogP) is 3.35. The molecule has 0 bridgehead atoms. The monoisotopic (exact) mass is 559 g/mol. The molecule has 1 aliphatic rings. The lowest BCUT2D eigenvalue weighted by Crippen LogP contribution is -2.54. The maximum Gasteiger partial charge on any atom is 0.243 e. The van der Waals surface area contributed by atoms with Crippen molar-refractivity contribution in [2.75, 3.05) is 32.8 Å². The van der Waals surface area contributed by atoms with Crippen LogP contribution in [0.25, 0.3) is 0 Å². The number of sulfonamides is 1. The maximum atomic E-state index is 13.8. The van der Waals surface area contributed by atoms with Crippen LogP contribution in [0.1, 0.15) is 51.5 Å². The van der Waals surface area contributed by atoms with Crippen molar-refractivity contribution in [1.29, 1.82) is 0 Å². The van der Waals surface area contributed by atoms with Crippen molar-refractivity contribution in [2.45, 2.75) is 69.4 Å².